The second-order valence-corrected chi connectivity index (χ2v) is 21.7. The third kappa shape index (κ3) is 8.11. The monoisotopic (exact) mass is 675 g/mol. The van der Waals surface area contributed by atoms with Gasteiger partial charge in [-0.05, 0) is 106 Å². The first-order valence-corrected chi connectivity index (χ1v) is 21.2. The Hall–Kier alpha value is -2.76. The molecule has 10 heteroatoms. The number of nitrogens with zero attached hydrogens (tertiary/aromatic N) is 4. The zero-order valence-electron chi connectivity index (χ0n) is 29.5. The molecule has 254 valence electrons. The highest BCUT2D eigenvalue weighted by Crippen LogP contribution is 2.39. The molecule has 0 saturated carbocycles. The van der Waals surface area contributed by atoms with E-state index >= 15 is 0 Å². The van der Waals surface area contributed by atoms with Gasteiger partial charge in [0.2, 0.25) is 0 Å². The minimum Gasteiger partial charge on any atom is -0.411 e. The van der Waals surface area contributed by atoms with Crippen LogP contribution in [0.2, 0.25) is 18.1 Å². The van der Waals surface area contributed by atoms with Gasteiger partial charge < -0.3 is 9.16 Å². The van der Waals surface area contributed by atoms with Crippen molar-refractivity contribution >= 4 is 30.2 Å². The van der Waals surface area contributed by atoms with Crippen molar-refractivity contribution in [2.24, 2.45) is 5.14 Å². The average molecular weight is 676 g/mol. The minimum atomic E-state index is -1.93. The molecule has 0 amide bonds. The second-order valence-electron chi connectivity index (χ2n) is 15.2. The summed E-state index contributed by atoms with van der Waals surface area (Å²) in [6, 6.07) is 16.9. The predicted molar refractivity (Wildman–Crippen MR) is 196 cm³/mol. The summed E-state index contributed by atoms with van der Waals surface area (Å²) in [7, 11) is -3.35. The molecule has 1 aliphatic rings. The number of hydrogen-bond donors (Lipinski definition) is 1. The number of rotatable bonds is 12. The molecule has 5 rings (SSSR count). The summed E-state index contributed by atoms with van der Waals surface area (Å²) in [6.45, 7) is 19.4. The van der Waals surface area contributed by atoms with Gasteiger partial charge in [0.1, 0.15) is 0 Å². The molecule has 1 aliphatic heterocycles. The molecule has 2 atom stereocenters. The molecule has 0 spiro atoms. The van der Waals surface area contributed by atoms with Crippen molar-refractivity contribution in [3.05, 3.63) is 71.7 Å². The molecule has 3 aromatic heterocycles. The highest BCUT2D eigenvalue weighted by molar-refractivity contribution is 7.84. The second kappa shape index (κ2) is 14.4. The zero-order chi connectivity index (χ0) is 34.0. The summed E-state index contributed by atoms with van der Waals surface area (Å²) in [4.78, 5) is 10.3. The van der Waals surface area contributed by atoms with Crippen molar-refractivity contribution < 1.29 is 13.4 Å². The van der Waals surface area contributed by atoms with Crippen LogP contribution in [0.25, 0.3) is 28.0 Å². The molecule has 47 heavy (non-hydrogen) atoms. The van der Waals surface area contributed by atoms with Crippen molar-refractivity contribution in [1.82, 2.24) is 19.7 Å². The van der Waals surface area contributed by atoms with Crippen LogP contribution < -0.4 is 5.14 Å². The molecule has 2 N–H and O–H groups in total. The molecule has 0 bridgehead atoms. The fourth-order valence-electron chi connectivity index (χ4n) is 6.18. The Labute approximate surface area is 284 Å². The number of aromatic nitrogens is 4. The van der Waals surface area contributed by atoms with Gasteiger partial charge in [-0.15, -0.1) is 0 Å². The van der Waals surface area contributed by atoms with Gasteiger partial charge in [-0.25, -0.2) is 13.9 Å². The van der Waals surface area contributed by atoms with E-state index in [9.17, 15) is 4.21 Å². The van der Waals surface area contributed by atoms with Crippen molar-refractivity contribution in [3.63, 3.8) is 0 Å². The lowest BCUT2D eigenvalue weighted by Gasteiger charge is -2.36. The maximum absolute atomic E-state index is 12.3. The van der Waals surface area contributed by atoms with Gasteiger partial charge in [0.15, 0.2) is 14.1 Å². The van der Waals surface area contributed by atoms with Crippen LogP contribution in [0.15, 0.2) is 54.7 Å². The Morgan fingerprint density at radius 2 is 1.79 bits per heavy atom. The fraction of sp³-hybridized carbons (Fsp3) is 0.541. The molecule has 1 unspecified atom stereocenters. The van der Waals surface area contributed by atoms with Crippen LogP contribution in [-0.4, -0.2) is 50.2 Å². The number of hydrogen-bond acceptors (Lipinski definition) is 6. The predicted octanol–water partition coefficient (Wildman–Crippen LogP) is 8.57. The van der Waals surface area contributed by atoms with Crippen molar-refractivity contribution in [1.29, 1.82) is 0 Å². The van der Waals surface area contributed by atoms with Crippen LogP contribution in [0.3, 0.4) is 0 Å². The van der Waals surface area contributed by atoms with E-state index in [1.54, 1.807) is 0 Å². The van der Waals surface area contributed by atoms with Crippen LogP contribution >= 0.6 is 0 Å². The highest BCUT2D eigenvalue weighted by Gasteiger charge is 2.37. The molecule has 0 aliphatic carbocycles. The van der Waals surface area contributed by atoms with Crippen LogP contribution in [0.1, 0.15) is 102 Å². The summed E-state index contributed by atoms with van der Waals surface area (Å²) in [6.07, 6.45) is 6.60. The molecule has 1 saturated heterocycles. The molecular formula is C37H53N5O3SSi. The van der Waals surface area contributed by atoms with Crippen LogP contribution in [0.5, 0.6) is 0 Å². The molecular weight excluding hydrogens is 623 g/mol. The van der Waals surface area contributed by atoms with E-state index in [1.165, 1.54) is 5.56 Å². The van der Waals surface area contributed by atoms with E-state index in [4.69, 9.17) is 29.4 Å². The lowest BCUT2D eigenvalue weighted by Crippen LogP contribution is -2.40. The van der Waals surface area contributed by atoms with Crippen LogP contribution in [-0.2, 0) is 26.8 Å². The van der Waals surface area contributed by atoms with Gasteiger partial charge in [-0.2, -0.15) is 5.10 Å². The Bertz CT molecular complexity index is 1710. The van der Waals surface area contributed by atoms with E-state index in [0.717, 1.165) is 78.3 Å². The summed E-state index contributed by atoms with van der Waals surface area (Å²) in [5.41, 5.74) is 6.17. The summed E-state index contributed by atoms with van der Waals surface area (Å²) in [5.74, 6) is 1.30. The molecule has 1 fully saturated rings. The first kappa shape index (κ1) is 35.5. The van der Waals surface area contributed by atoms with Crippen molar-refractivity contribution in [3.8, 4) is 17.1 Å². The summed E-state index contributed by atoms with van der Waals surface area (Å²) in [5, 5.41) is 12.1. The SMILES string of the molecule is CCC[C@@H](CC(C)(C)S(N)=O)c1cccc(-c2cc(C3CCOCC3)c3cnn(-c4cccc(CO[Si](C)(C)C(C)(C)C)n4)c3c2)n1. The van der Waals surface area contributed by atoms with E-state index in [2.05, 4.69) is 71.1 Å². The smallest absolute Gasteiger partial charge is 0.192 e. The maximum atomic E-state index is 12.3. The number of ether oxygens (including phenoxy) is 1. The van der Waals surface area contributed by atoms with E-state index in [0.29, 0.717) is 18.9 Å². The zero-order valence-corrected chi connectivity index (χ0v) is 31.3. The number of nitrogens with two attached hydrogens (primary N) is 1. The lowest BCUT2D eigenvalue weighted by molar-refractivity contribution is 0.0856. The first-order chi connectivity index (χ1) is 22.2. The number of pyridine rings is 2. The van der Waals surface area contributed by atoms with E-state index < -0.39 is 24.1 Å². The Kier molecular flexibility index (Phi) is 10.9. The van der Waals surface area contributed by atoms with Gasteiger partial charge in [0.25, 0.3) is 0 Å². The van der Waals surface area contributed by atoms with E-state index in [-0.39, 0.29) is 11.0 Å². The van der Waals surface area contributed by atoms with Crippen molar-refractivity contribution in [2.45, 2.75) is 115 Å². The number of fused-ring (bicyclic) bond motifs is 1. The molecule has 8 nitrogen and oxygen atoms in total. The average Bonchev–Trinajstić information content (AvgIpc) is 3.47. The molecule has 4 aromatic rings. The first-order valence-electron chi connectivity index (χ1n) is 17.0. The molecule has 1 aromatic carbocycles. The quantitative estimate of drug-likeness (QED) is 0.151. The maximum Gasteiger partial charge on any atom is 0.192 e. The summed E-state index contributed by atoms with van der Waals surface area (Å²) < 4.78 is 26.0. The summed E-state index contributed by atoms with van der Waals surface area (Å²) >= 11 is 0. The fourth-order valence-corrected chi connectivity index (χ4v) is 7.49. The van der Waals surface area contributed by atoms with Gasteiger partial charge in [-0.1, -0.05) is 46.2 Å². The van der Waals surface area contributed by atoms with Crippen LogP contribution in [0.4, 0.5) is 0 Å². The third-order valence-corrected chi connectivity index (χ3v) is 15.9. The Morgan fingerprint density at radius 1 is 1.06 bits per heavy atom. The topological polar surface area (TPSA) is 105 Å². The number of benzene rings is 1. The van der Waals surface area contributed by atoms with Gasteiger partial charge >= 0.3 is 0 Å². The van der Waals surface area contributed by atoms with Gasteiger partial charge in [-0.3, -0.25) is 10.1 Å². The van der Waals surface area contributed by atoms with Crippen molar-refractivity contribution in [2.75, 3.05) is 13.2 Å². The molecule has 0 radical (unpaired) electrons. The minimum absolute atomic E-state index is 0.126. The largest absolute Gasteiger partial charge is 0.411 e. The van der Waals surface area contributed by atoms with E-state index in [1.807, 2.05) is 42.9 Å². The Morgan fingerprint density at radius 3 is 2.47 bits per heavy atom. The third-order valence-electron chi connectivity index (χ3n) is 10.2. The van der Waals surface area contributed by atoms with Crippen LogP contribution in [0, 0.1) is 0 Å². The molecule has 4 heterocycles. The highest BCUT2D eigenvalue weighted by atomic mass is 32.2. The van der Waals surface area contributed by atoms with Gasteiger partial charge in [0, 0.05) is 35.8 Å². The standard InChI is InChI=1S/C37H53N5O3SSi/c1-9-12-27(23-37(5,6)46(38)43)32-14-11-15-33(41-32)28-21-30(26-17-19-44-20-18-26)31-24-39-42(34(31)22-28)35-16-10-13-29(40-35)25-45-47(7,8)36(2,3)4/h10-11,13-16,21-22,24,26-27H,9,12,17-20,23,25,38H2,1-8H3/t27-,46?/m0/s1. The normalized spacial score (nSPS) is 16.4. The Balaban J connectivity index is 1.57. The lowest BCUT2D eigenvalue weighted by atomic mass is 9.87. The van der Waals surface area contributed by atoms with Gasteiger partial charge in [0.05, 0.1) is 45.4 Å².